The summed E-state index contributed by atoms with van der Waals surface area (Å²) in [5.41, 5.74) is 4.97. The van der Waals surface area contributed by atoms with Crippen LogP contribution in [0.2, 0.25) is 0 Å². The van der Waals surface area contributed by atoms with Crippen LogP contribution >= 0.6 is 11.8 Å². The summed E-state index contributed by atoms with van der Waals surface area (Å²) in [5, 5.41) is 17.3. The number of nitrogens with zero attached hydrogens (tertiary/aromatic N) is 3. The number of hydrogen-bond acceptors (Lipinski definition) is 11. The lowest BCUT2D eigenvalue weighted by atomic mass is 9.80. The van der Waals surface area contributed by atoms with Gasteiger partial charge in [-0.3, -0.25) is 39.5 Å². The maximum atomic E-state index is 16.0. The van der Waals surface area contributed by atoms with Gasteiger partial charge in [-0.2, -0.15) is 5.10 Å². The molecule has 4 heterocycles. The van der Waals surface area contributed by atoms with Crippen LogP contribution in [-0.2, 0) is 14.4 Å². The predicted molar refractivity (Wildman–Crippen MR) is 155 cm³/mol. The van der Waals surface area contributed by atoms with Crippen LogP contribution in [0.3, 0.4) is 0 Å². The SMILES string of the molecule is CNN1N=CSC1C1CCCC(NC(=O)CN2CCNCC2c2c(F)cc3c(c2C2CCC(=O)NC2=O)C(=O)NC3=O)C1. The Hall–Kier alpha value is -3.40. The summed E-state index contributed by atoms with van der Waals surface area (Å²) in [6, 6.07) is 0.344. The first kappa shape index (κ1) is 29.7. The topological polar surface area (TPSA) is 164 Å². The zero-order valence-electron chi connectivity index (χ0n) is 23.8. The number of rotatable bonds is 7. The van der Waals surface area contributed by atoms with Crippen molar-refractivity contribution in [3.63, 3.8) is 0 Å². The van der Waals surface area contributed by atoms with E-state index in [2.05, 4.69) is 31.8 Å². The molecular weight excluding hydrogens is 579 g/mol. The molecular formula is C28H35FN8O5S. The van der Waals surface area contributed by atoms with Gasteiger partial charge in [0.25, 0.3) is 11.8 Å². The van der Waals surface area contributed by atoms with E-state index in [1.807, 2.05) is 22.6 Å². The van der Waals surface area contributed by atoms with Gasteiger partial charge in [0.15, 0.2) is 0 Å². The number of hydrazone groups is 1. The second kappa shape index (κ2) is 12.3. The molecule has 4 aliphatic heterocycles. The zero-order valence-corrected chi connectivity index (χ0v) is 24.6. The molecule has 3 fully saturated rings. The number of fused-ring (bicyclic) bond motifs is 1. The number of piperazine rings is 1. The average molecular weight is 615 g/mol. The van der Waals surface area contributed by atoms with Gasteiger partial charge in [0.2, 0.25) is 17.7 Å². The third-order valence-electron chi connectivity index (χ3n) is 9.00. The highest BCUT2D eigenvalue weighted by Gasteiger charge is 2.43. The minimum absolute atomic E-state index is 0.00186. The van der Waals surface area contributed by atoms with Crippen LogP contribution in [0, 0.1) is 11.7 Å². The number of halogens is 1. The van der Waals surface area contributed by atoms with Crippen molar-refractivity contribution in [2.45, 2.75) is 61.9 Å². The van der Waals surface area contributed by atoms with Crippen LogP contribution in [0.5, 0.6) is 0 Å². The van der Waals surface area contributed by atoms with Crippen LogP contribution in [0.15, 0.2) is 11.2 Å². The Kier molecular flexibility index (Phi) is 8.49. The molecule has 43 heavy (non-hydrogen) atoms. The van der Waals surface area contributed by atoms with E-state index in [0.717, 1.165) is 31.7 Å². The van der Waals surface area contributed by atoms with Crippen molar-refractivity contribution in [1.82, 2.24) is 36.7 Å². The quantitative estimate of drug-likeness (QED) is 0.270. The Balaban J connectivity index is 1.24. The fourth-order valence-corrected chi connectivity index (χ4v) is 8.09. The predicted octanol–water partition coefficient (Wildman–Crippen LogP) is 0.303. The Morgan fingerprint density at radius 2 is 1.98 bits per heavy atom. The van der Waals surface area contributed by atoms with Crippen molar-refractivity contribution in [2.75, 3.05) is 33.2 Å². The van der Waals surface area contributed by atoms with E-state index in [-0.39, 0.29) is 65.5 Å². The fraction of sp³-hybridized carbons (Fsp3) is 0.571. The lowest BCUT2D eigenvalue weighted by molar-refractivity contribution is -0.134. The highest BCUT2D eigenvalue weighted by molar-refractivity contribution is 8.12. The molecule has 5 aliphatic rings. The number of hydrogen-bond donors (Lipinski definition) is 5. The van der Waals surface area contributed by atoms with Crippen LogP contribution in [0.4, 0.5) is 4.39 Å². The molecule has 1 aromatic carbocycles. The van der Waals surface area contributed by atoms with Gasteiger partial charge >= 0.3 is 0 Å². The highest BCUT2D eigenvalue weighted by Crippen LogP contribution is 2.41. The Morgan fingerprint density at radius 3 is 2.77 bits per heavy atom. The van der Waals surface area contributed by atoms with E-state index in [9.17, 15) is 24.0 Å². The van der Waals surface area contributed by atoms with Crippen molar-refractivity contribution in [3.8, 4) is 0 Å². The number of amides is 5. The Bertz CT molecular complexity index is 1390. The largest absolute Gasteiger partial charge is 0.352 e. The lowest BCUT2D eigenvalue weighted by Crippen LogP contribution is -2.52. The first-order valence-corrected chi connectivity index (χ1v) is 15.6. The van der Waals surface area contributed by atoms with Gasteiger partial charge in [0.05, 0.1) is 35.2 Å². The number of piperidine rings is 1. The molecule has 2 saturated heterocycles. The minimum atomic E-state index is -1.000. The van der Waals surface area contributed by atoms with E-state index in [1.54, 1.807) is 11.8 Å². The first-order chi connectivity index (χ1) is 20.7. The Labute approximate surface area is 252 Å². The molecule has 5 atom stereocenters. The first-order valence-electron chi connectivity index (χ1n) is 14.7. The summed E-state index contributed by atoms with van der Waals surface area (Å²) >= 11 is 1.66. The molecule has 0 radical (unpaired) electrons. The third kappa shape index (κ3) is 5.78. The van der Waals surface area contributed by atoms with Crippen molar-refractivity contribution >= 4 is 46.8 Å². The number of carbonyl (C=O) groups is 5. The molecule has 5 N–H and O–H groups in total. The monoisotopic (exact) mass is 614 g/mol. The second-order valence-corrected chi connectivity index (χ2v) is 12.6. The molecule has 1 aromatic rings. The molecule has 5 amide bonds. The minimum Gasteiger partial charge on any atom is -0.352 e. The number of hydrazine groups is 1. The molecule has 5 unspecified atom stereocenters. The van der Waals surface area contributed by atoms with Crippen LogP contribution < -0.4 is 26.7 Å². The van der Waals surface area contributed by atoms with E-state index < -0.39 is 41.4 Å². The fourth-order valence-electron chi connectivity index (χ4n) is 7.07. The van der Waals surface area contributed by atoms with Gasteiger partial charge in [0.1, 0.15) is 11.2 Å². The molecule has 0 spiro atoms. The van der Waals surface area contributed by atoms with Gasteiger partial charge in [-0.15, -0.1) is 0 Å². The van der Waals surface area contributed by atoms with E-state index >= 15 is 4.39 Å². The Morgan fingerprint density at radius 1 is 1.14 bits per heavy atom. The lowest BCUT2D eigenvalue weighted by Gasteiger charge is -2.39. The van der Waals surface area contributed by atoms with E-state index in [1.165, 1.54) is 0 Å². The molecule has 13 nitrogen and oxygen atoms in total. The summed E-state index contributed by atoms with van der Waals surface area (Å²) in [6.07, 6.45) is 3.81. The molecule has 1 saturated carbocycles. The summed E-state index contributed by atoms with van der Waals surface area (Å²) in [4.78, 5) is 65.6. The van der Waals surface area contributed by atoms with Crippen LogP contribution in [0.1, 0.15) is 82.3 Å². The summed E-state index contributed by atoms with van der Waals surface area (Å²) in [7, 11) is 1.84. The van der Waals surface area contributed by atoms with Gasteiger partial charge in [-0.1, -0.05) is 18.2 Å². The van der Waals surface area contributed by atoms with Crippen LogP contribution in [0.25, 0.3) is 0 Å². The molecule has 0 bridgehead atoms. The summed E-state index contributed by atoms with van der Waals surface area (Å²) in [5.74, 6) is -4.10. The van der Waals surface area contributed by atoms with Crippen LogP contribution in [-0.4, -0.2) is 89.7 Å². The number of benzene rings is 1. The second-order valence-electron chi connectivity index (χ2n) is 11.6. The van der Waals surface area contributed by atoms with E-state index in [0.29, 0.717) is 19.0 Å². The number of imide groups is 2. The zero-order chi connectivity index (χ0) is 30.2. The van der Waals surface area contributed by atoms with Crippen molar-refractivity contribution in [2.24, 2.45) is 11.0 Å². The normalized spacial score (nSPS) is 29.4. The summed E-state index contributed by atoms with van der Waals surface area (Å²) in [6.45, 7) is 1.25. The molecule has 1 aliphatic carbocycles. The molecule has 0 aromatic heterocycles. The maximum Gasteiger partial charge on any atom is 0.259 e. The van der Waals surface area contributed by atoms with Gasteiger partial charge in [-0.25, -0.2) is 14.9 Å². The molecule has 15 heteroatoms. The molecule has 6 rings (SSSR count). The van der Waals surface area contributed by atoms with Crippen molar-refractivity contribution in [1.29, 1.82) is 0 Å². The highest BCUT2D eigenvalue weighted by atomic mass is 32.2. The van der Waals surface area contributed by atoms with Gasteiger partial charge in [-0.05, 0) is 43.2 Å². The maximum absolute atomic E-state index is 16.0. The standard InChI is InChI=1S/C28H35FN8O5S/c1-30-37-28(43-13-32-37)14-3-2-4-15(9-14)33-21(39)12-36-8-7-31-11-19(36)24-18(29)10-17-23(27(42)35-26(17)41)22(24)16-5-6-20(38)34-25(16)40/h10,13-16,19,28,30-31H,2-9,11-12H2,1H3,(H,33,39)(H,34,38,40)(H,35,41,42). The van der Waals surface area contributed by atoms with Crippen molar-refractivity contribution in [3.05, 3.63) is 34.1 Å². The van der Waals surface area contributed by atoms with Gasteiger partial charge in [0, 0.05) is 44.7 Å². The van der Waals surface area contributed by atoms with E-state index in [4.69, 9.17) is 0 Å². The smallest absolute Gasteiger partial charge is 0.259 e. The number of nitrogens with one attached hydrogen (secondary N) is 5. The average Bonchev–Trinajstić information content (AvgIpc) is 3.57. The third-order valence-corrected chi connectivity index (χ3v) is 10.1. The van der Waals surface area contributed by atoms with Gasteiger partial charge < -0.3 is 10.6 Å². The van der Waals surface area contributed by atoms with Crippen molar-refractivity contribution < 1.29 is 28.4 Å². The number of thioether (sulfide) groups is 1. The molecule has 230 valence electrons. The summed E-state index contributed by atoms with van der Waals surface area (Å²) < 4.78 is 16.0. The number of carbonyl (C=O) groups excluding carboxylic acids is 5.